The van der Waals surface area contributed by atoms with Crippen LogP contribution in [0, 0.1) is 17.5 Å². The number of hydrogen-bond donors (Lipinski definition) is 2. The second-order valence-corrected chi connectivity index (χ2v) is 6.91. The number of aromatic amines is 1. The molecule has 0 fully saturated rings. The molecule has 0 saturated heterocycles. The standard InChI is InChI=1S/C18H18F3N7O/c19-12-6-14(21)13(20)4-10(12)3-11(22)5-17(29)27-1-2-28-16(8-27)18(25-26-28)15-7-23-9-24-15/h4,6-7,9,11H,1-3,5,8,22H2,(H,23,24)/t11-/m1/s1. The highest BCUT2D eigenvalue weighted by molar-refractivity contribution is 5.77. The fourth-order valence-corrected chi connectivity index (χ4v) is 3.38. The highest BCUT2D eigenvalue weighted by Gasteiger charge is 2.27. The van der Waals surface area contributed by atoms with Crippen LogP contribution in [-0.2, 0) is 24.3 Å². The summed E-state index contributed by atoms with van der Waals surface area (Å²) in [6.07, 6.45) is 3.02. The average Bonchev–Trinajstić information content (AvgIpc) is 3.34. The van der Waals surface area contributed by atoms with E-state index in [-0.39, 0.29) is 24.3 Å². The molecule has 3 heterocycles. The van der Waals surface area contributed by atoms with E-state index in [2.05, 4.69) is 20.3 Å². The van der Waals surface area contributed by atoms with Crippen molar-refractivity contribution in [2.75, 3.05) is 6.54 Å². The van der Waals surface area contributed by atoms with Crippen LogP contribution < -0.4 is 5.73 Å². The lowest BCUT2D eigenvalue weighted by molar-refractivity contribution is -0.133. The van der Waals surface area contributed by atoms with Gasteiger partial charge in [0.05, 0.1) is 37.0 Å². The summed E-state index contributed by atoms with van der Waals surface area (Å²) in [4.78, 5) is 21.2. The Labute approximate surface area is 163 Å². The van der Waals surface area contributed by atoms with E-state index in [0.717, 1.165) is 11.8 Å². The van der Waals surface area contributed by atoms with Crippen LogP contribution in [0.2, 0.25) is 0 Å². The van der Waals surface area contributed by atoms with Crippen LogP contribution in [0.1, 0.15) is 17.7 Å². The topological polar surface area (TPSA) is 106 Å². The van der Waals surface area contributed by atoms with Gasteiger partial charge < -0.3 is 15.6 Å². The van der Waals surface area contributed by atoms with E-state index in [9.17, 15) is 18.0 Å². The lowest BCUT2D eigenvalue weighted by atomic mass is 10.0. The lowest BCUT2D eigenvalue weighted by Crippen LogP contribution is -2.41. The molecule has 29 heavy (non-hydrogen) atoms. The molecule has 0 unspecified atom stereocenters. The molecule has 0 radical (unpaired) electrons. The summed E-state index contributed by atoms with van der Waals surface area (Å²) in [6, 6.07) is 0.519. The number of nitrogens with one attached hydrogen (secondary N) is 1. The van der Waals surface area contributed by atoms with Crippen molar-refractivity contribution in [2.24, 2.45) is 5.73 Å². The summed E-state index contributed by atoms with van der Waals surface area (Å²) >= 11 is 0. The largest absolute Gasteiger partial charge is 0.343 e. The number of nitrogens with two attached hydrogens (primary N) is 1. The van der Waals surface area contributed by atoms with Crippen LogP contribution in [-0.4, -0.2) is 48.4 Å². The molecule has 4 rings (SSSR count). The molecular formula is C18H18F3N7O. The molecule has 1 amide bonds. The van der Waals surface area contributed by atoms with E-state index in [1.54, 1.807) is 15.8 Å². The van der Waals surface area contributed by atoms with E-state index < -0.39 is 23.5 Å². The average molecular weight is 405 g/mol. The predicted molar refractivity (Wildman–Crippen MR) is 95.6 cm³/mol. The quantitative estimate of drug-likeness (QED) is 0.624. The third-order valence-corrected chi connectivity index (χ3v) is 4.87. The SMILES string of the molecule is N[C@@H](CC(=O)N1CCn2nnc(-c3cnc[nH]3)c2C1)Cc1cc(F)c(F)cc1F. The molecule has 0 saturated carbocycles. The van der Waals surface area contributed by atoms with Crippen LogP contribution in [0.4, 0.5) is 13.2 Å². The van der Waals surface area contributed by atoms with Crippen molar-refractivity contribution in [3.05, 3.63) is 53.4 Å². The minimum Gasteiger partial charge on any atom is -0.343 e. The van der Waals surface area contributed by atoms with E-state index >= 15 is 0 Å². The molecule has 1 aliphatic heterocycles. The van der Waals surface area contributed by atoms with E-state index in [4.69, 9.17) is 5.73 Å². The molecule has 8 nitrogen and oxygen atoms in total. The van der Waals surface area contributed by atoms with Crippen molar-refractivity contribution < 1.29 is 18.0 Å². The van der Waals surface area contributed by atoms with Crippen molar-refractivity contribution in [2.45, 2.75) is 32.0 Å². The maximum Gasteiger partial charge on any atom is 0.224 e. The van der Waals surface area contributed by atoms with Gasteiger partial charge in [0.2, 0.25) is 5.91 Å². The molecule has 0 bridgehead atoms. The summed E-state index contributed by atoms with van der Waals surface area (Å²) < 4.78 is 41.9. The number of rotatable bonds is 5. The Morgan fingerprint density at radius 3 is 2.76 bits per heavy atom. The molecule has 1 aliphatic rings. The van der Waals surface area contributed by atoms with Gasteiger partial charge in [-0.25, -0.2) is 22.8 Å². The first kappa shape index (κ1) is 19.1. The normalized spacial score (nSPS) is 14.7. The van der Waals surface area contributed by atoms with Gasteiger partial charge in [0.25, 0.3) is 0 Å². The molecule has 0 aliphatic carbocycles. The zero-order valence-electron chi connectivity index (χ0n) is 15.3. The molecule has 3 aromatic rings. The number of H-pyrrole nitrogens is 1. The summed E-state index contributed by atoms with van der Waals surface area (Å²) in [5.74, 6) is -3.52. The van der Waals surface area contributed by atoms with Crippen molar-refractivity contribution in [1.29, 1.82) is 0 Å². The predicted octanol–water partition coefficient (Wildman–Crippen LogP) is 1.39. The van der Waals surface area contributed by atoms with Gasteiger partial charge in [0.1, 0.15) is 11.5 Å². The van der Waals surface area contributed by atoms with Crippen LogP contribution in [0.15, 0.2) is 24.7 Å². The smallest absolute Gasteiger partial charge is 0.224 e. The maximum atomic E-state index is 13.8. The Morgan fingerprint density at radius 1 is 1.21 bits per heavy atom. The van der Waals surface area contributed by atoms with Crippen molar-refractivity contribution in [3.63, 3.8) is 0 Å². The maximum absolute atomic E-state index is 13.8. The minimum absolute atomic E-state index is 0.0562. The van der Waals surface area contributed by atoms with Gasteiger partial charge in [0, 0.05) is 25.1 Å². The molecule has 1 aromatic carbocycles. The zero-order chi connectivity index (χ0) is 20.5. The summed E-state index contributed by atoms with van der Waals surface area (Å²) in [5, 5.41) is 8.24. The second kappa shape index (κ2) is 7.66. The number of fused-ring (bicyclic) bond motifs is 1. The number of benzene rings is 1. The fraction of sp³-hybridized carbons (Fsp3) is 0.333. The highest BCUT2D eigenvalue weighted by Crippen LogP contribution is 2.23. The molecule has 1 atom stereocenters. The fourth-order valence-electron chi connectivity index (χ4n) is 3.38. The Kier molecular flexibility index (Phi) is 5.05. The summed E-state index contributed by atoms with van der Waals surface area (Å²) in [7, 11) is 0. The van der Waals surface area contributed by atoms with Crippen LogP contribution in [0.25, 0.3) is 11.4 Å². The Bertz CT molecular complexity index is 1030. The number of hydrogen-bond acceptors (Lipinski definition) is 5. The Balaban J connectivity index is 1.42. The third kappa shape index (κ3) is 3.86. The number of amides is 1. The van der Waals surface area contributed by atoms with Gasteiger partial charge in [-0.3, -0.25) is 4.79 Å². The van der Waals surface area contributed by atoms with Crippen LogP contribution in [0.5, 0.6) is 0 Å². The molecule has 3 N–H and O–H groups in total. The second-order valence-electron chi connectivity index (χ2n) is 6.91. The first-order chi connectivity index (χ1) is 13.9. The van der Waals surface area contributed by atoms with Gasteiger partial charge >= 0.3 is 0 Å². The zero-order valence-corrected chi connectivity index (χ0v) is 15.3. The first-order valence-electron chi connectivity index (χ1n) is 9.00. The number of halogens is 3. The number of aromatic nitrogens is 5. The Hall–Kier alpha value is -3.21. The first-order valence-corrected chi connectivity index (χ1v) is 9.00. The van der Waals surface area contributed by atoms with Crippen molar-refractivity contribution in [1.82, 2.24) is 29.9 Å². The molecule has 11 heteroatoms. The van der Waals surface area contributed by atoms with Crippen molar-refractivity contribution >= 4 is 5.91 Å². The van der Waals surface area contributed by atoms with Crippen molar-refractivity contribution in [3.8, 4) is 11.4 Å². The molecule has 2 aromatic heterocycles. The number of imidazole rings is 1. The third-order valence-electron chi connectivity index (χ3n) is 4.87. The van der Waals surface area contributed by atoms with Gasteiger partial charge in [0.15, 0.2) is 11.6 Å². The Morgan fingerprint density at radius 2 is 2.00 bits per heavy atom. The van der Waals surface area contributed by atoms with Gasteiger partial charge in [-0.2, -0.15) is 0 Å². The molecule has 0 spiro atoms. The van der Waals surface area contributed by atoms with E-state index in [0.29, 0.717) is 37.1 Å². The van der Waals surface area contributed by atoms with E-state index in [1.165, 1.54) is 6.33 Å². The van der Waals surface area contributed by atoms with Gasteiger partial charge in [-0.1, -0.05) is 5.21 Å². The molecule has 152 valence electrons. The number of nitrogens with zero attached hydrogens (tertiary/aromatic N) is 5. The summed E-state index contributed by atoms with van der Waals surface area (Å²) in [5.41, 5.74) is 8.01. The van der Waals surface area contributed by atoms with Gasteiger partial charge in [-0.05, 0) is 18.1 Å². The number of carbonyl (C=O) groups is 1. The van der Waals surface area contributed by atoms with Gasteiger partial charge in [-0.15, -0.1) is 5.10 Å². The van der Waals surface area contributed by atoms with E-state index in [1.807, 2.05) is 0 Å². The lowest BCUT2D eigenvalue weighted by Gasteiger charge is -2.28. The summed E-state index contributed by atoms with van der Waals surface area (Å²) in [6.45, 7) is 1.21. The van der Waals surface area contributed by atoms with Crippen LogP contribution >= 0.6 is 0 Å². The minimum atomic E-state index is -1.26. The van der Waals surface area contributed by atoms with Crippen LogP contribution in [0.3, 0.4) is 0 Å². The monoisotopic (exact) mass is 405 g/mol. The highest BCUT2D eigenvalue weighted by atomic mass is 19.2. The molecular weight excluding hydrogens is 387 g/mol. The number of carbonyl (C=O) groups excluding carboxylic acids is 1.